The van der Waals surface area contributed by atoms with Crippen LogP contribution in [0.5, 0.6) is 0 Å². The highest BCUT2D eigenvalue weighted by molar-refractivity contribution is 6.89. The van der Waals surface area contributed by atoms with Crippen molar-refractivity contribution < 1.29 is 61.6 Å². The Morgan fingerprint density at radius 1 is 0.892 bits per heavy atom. The summed E-state index contributed by atoms with van der Waals surface area (Å²) in [5.74, 6) is -4.72. The van der Waals surface area contributed by atoms with Gasteiger partial charge in [0.2, 0.25) is 0 Å². The molecule has 0 radical (unpaired) electrons. The molecular formula is C49H67NO13Si2. The van der Waals surface area contributed by atoms with Gasteiger partial charge < -0.3 is 43.0 Å². The molecule has 4 bridgehead atoms. The van der Waals surface area contributed by atoms with E-state index < -0.39 is 117 Å². The summed E-state index contributed by atoms with van der Waals surface area (Å²) in [6, 6.07) is 16.5. The highest BCUT2D eigenvalue weighted by Gasteiger charge is 2.79. The van der Waals surface area contributed by atoms with Crippen LogP contribution < -0.4 is 5.32 Å². The van der Waals surface area contributed by atoms with Crippen molar-refractivity contribution in [3.8, 4) is 0 Å². The van der Waals surface area contributed by atoms with Gasteiger partial charge in [-0.3, -0.25) is 14.4 Å². The predicted molar refractivity (Wildman–Crippen MR) is 244 cm³/mol. The van der Waals surface area contributed by atoms with E-state index in [0.717, 1.165) is 0 Å². The zero-order valence-electron chi connectivity index (χ0n) is 40.1. The Balaban J connectivity index is 1.44. The number of carbonyl (C=O) groups is 5. The third-order valence-corrected chi connectivity index (χ3v) is 23.2. The molecule has 0 aromatic heterocycles. The van der Waals surface area contributed by atoms with Gasteiger partial charge in [-0.15, -0.1) is 0 Å². The lowest BCUT2D eigenvalue weighted by atomic mass is 9.44. The molecule has 0 spiro atoms. The number of amides is 1. The molecule has 2 aromatic carbocycles. The minimum atomic E-state index is -2.82. The van der Waals surface area contributed by atoms with Crippen molar-refractivity contribution in [3.63, 3.8) is 0 Å². The Bertz CT molecular complexity index is 2240. The van der Waals surface area contributed by atoms with Gasteiger partial charge in [-0.1, -0.05) is 62.4 Å². The van der Waals surface area contributed by atoms with Crippen molar-refractivity contribution >= 4 is 46.4 Å². The maximum Gasteiger partial charge on any atom is 0.408 e. The maximum atomic E-state index is 16.3. The molecule has 2 heterocycles. The third-order valence-electron chi connectivity index (χ3n) is 14.6. The van der Waals surface area contributed by atoms with Crippen molar-refractivity contribution in [3.05, 3.63) is 82.9 Å². The van der Waals surface area contributed by atoms with Crippen molar-refractivity contribution in [2.45, 2.75) is 160 Å². The number of hydrogen-bond donors (Lipinski definition) is 2. The van der Waals surface area contributed by atoms with Crippen LogP contribution in [-0.2, 0) is 46.9 Å². The molecule has 2 N–H and O–H groups in total. The number of Topliss-reactive ketones (excluding diaryl/α,β-unsaturated/α-hetero) is 1. The fourth-order valence-electron chi connectivity index (χ4n) is 11.8. The number of aliphatic hydroxyl groups is 1. The van der Waals surface area contributed by atoms with Crippen LogP contribution in [0.25, 0.3) is 0 Å². The smallest absolute Gasteiger partial charge is 0.408 e. The fraction of sp³-hybridized carbons (Fsp3) is 0.612. The number of fused-ring (bicyclic) bond motifs is 6. The summed E-state index contributed by atoms with van der Waals surface area (Å²) in [5, 5.41) is 17.0. The average Bonchev–Trinajstić information content (AvgIpc) is 3.21. The van der Waals surface area contributed by atoms with Crippen molar-refractivity contribution in [2.24, 2.45) is 22.7 Å². The van der Waals surface area contributed by atoms with Gasteiger partial charge in [-0.25, -0.2) is 9.59 Å². The first-order valence-corrected chi connectivity index (χ1v) is 29.0. The number of ketones is 1. The molecule has 65 heavy (non-hydrogen) atoms. The SMILES string of the molecule is CC(=O)OC12CO[C@@H]1C[C@@H]1O[Si](C)(C)C[Si](C)(C)O[C@H]3C(=O)[C@@]1(C)C2[C@@H](OC(=O)c1ccccc1)[C@]1(O)C[C@@H](OC(=O)[C@@H](C)[C@@H](NC(=O)OC(C)(C)C)c2ccccc2)C(C)=C3C1(C)C. The monoisotopic (exact) mass is 933 g/mol. The number of esters is 3. The number of nitrogens with one attached hydrogen (secondary N) is 1. The molecule has 2 saturated carbocycles. The van der Waals surface area contributed by atoms with Crippen LogP contribution in [0, 0.1) is 22.7 Å². The minimum absolute atomic E-state index is 0.136. The Labute approximate surface area is 384 Å². The van der Waals surface area contributed by atoms with E-state index in [-0.39, 0.29) is 30.8 Å². The molecule has 2 aromatic rings. The molecule has 354 valence electrons. The fourth-order valence-corrected chi connectivity index (χ4v) is 22.6. The van der Waals surface area contributed by atoms with Crippen LogP contribution in [0.2, 0.25) is 31.9 Å². The standard InChI is InChI=1S/C49H67NO13Si2/c1-28-33(58-42(53)29(2)37(31-20-16-14-17-21-31)50-44(55)61-45(4,5)6)25-49(56)41(59-43(54)32-22-18-15-19-23-32)39-47(9)34(24-35-48(39,26-57-35)60-30(3)51)62-64(10,11)27-65(12,13)63-38(40(47)52)36(28)46(49,7)8/h14-23,29,33-35,37-39,41,56H,24-27H2,1-13H3,(H,50,55)/t29-,33+,34-,35+,37+,38+,39?,41+,47+,48?,49+/m0/s1. The summed E-state index contributed by atoms with van der Waals surface area (Å²) < 4.78 is 45.9. The lowest BCUT2D eigenvalue weighted by molar-refractivity contribution is -0.344. The van der Waals surface area contributed by atoms with E-state index in [9.17, 15) is 24.3 Å². The van der Waals surface area contributed by atoms with Crippen molar-refractivity contribution in [1.29, 1.82) is 0 Å². The molecule has 14 nitrogen and oxygen atoms in total. The summed E-state index contributed by atoms with van der Waals surface area (Å²) in [7, 11) is -5.49. The molecule has 1 amide bonds. The summed E-state index contributed by atoms with van der Waals surface area (Å²) in [5.41, 5.74) is -5.13. The maximum absolute atomic E-state index is 16.3. The van der Waals surface area contributed by atoms with Gasteiger partial charge in [0.15, 0.2) is 28.0 Å². The molecule has 7 rings (SSSR count). The van der Waals surface area contributed by atoms with E-state index in [4.69, 9.17) is 32.5 Å². The van der Waals surface area contributed by atoms with Gasteiger partial charge in [0.1, 0.15) is 35.6 Å². The number of rotatable bonds is 8. The van der Waals surface area contributed by atoms with Gasteiger partial charge in [0, 0.05) is 25.2 Å². The highest BCUT2D eigenvalue weighted by atomic mass is 28.4. The average molecular weight is 934 g/mol. The second-order valence-corrected chi connectivity index (χ2v) is 30.7. The summed E-state index contributed by atoms with van der Waals surface area (Å²) in [6.07, 6.45) is -6.43. The third kappa shape index (κ3) is 8.67. The van der Waals surface area contributed by atoms with E-state index >= 15 is 4.79 Å². The Hall–Kier alpha value is -4.20. The molecule has 5 aliphatic rings. The quantitative estimate of drug-likeness (QED) is 0.115. The molecule has 16 heteroatoms. The molecule has 4 fully saturated rings. The van der Waals surface area contributed by atoms with Crippen molar-refractivity contribution in [2.75, 3.05) is 6.61 Å². The van der Waals surface area contributed by atoms with E-state index in [1.807, 2.05) is 6.07 Å². The lowest BCUT2D eigenvalue weighted by Gasteiger charge is -2.68. The van der Waals surface area contributed by atoms with Gasteiger partial charge in [0.25, 0.3) is 0 Å². The van der Waals surface area contributed by atoms with Crippen LogP contribution in [0.4, 0.5) is 4.79 Å². The van der Waals surface area contributed by atoms with E-state index in [1.165, 1.54) is 6.92 Å². The minimum Gasteiger partial charge on any atom is -0.457 e. The normalized spacial score (nSPS) is 34.2. The number of benzene rings is 2. The molecule has 3 aliphatic carbocycles. The topological polar surface area (TPSA) is 182 Å². The van der Waals surface area contributed by atoms with E-state index in [2.05, 4.69) is 31.5 Å². The van der Waals surface area contributed by atoms with Crippen LogP contribution in [0.3, 0.4) is 0 Å². The molecule has 2 unspecified atom stereocenters. The summed E-state index contributed by atoms with van der Waals surface area (Å²) in [6.45, 7) is 23.5. The molecule has 2 aliphatic heterocycles. The van der Waals surface area contributed by atoms with Gasteiger partial charge in [0.05, 0.1) is 41.6 Å². The summed E-state index contributed by atoms with van der Waals surface area (Å²) in [4.78, 5) is 72.2. The summed E-state index contributed by atoms with van der Waals surface area (Å²) >= 11 is 0. The molecule has 11 atom stereocenters. The number of ether oxygens (including phenoxy) is 5. The zero-order valence-corrected chi connectivity index (χ0v) is 42.1. The number of hydrogen-bond acceptors (Lipinski definition) is 13. The van der Waals surface area contributed by atoms with Gasteiger partial charge in [-0.2, -0.15) is 0 Å². The van der Waals surface area contributed by atoms with Crippen LogP contribution in [0.1, 0.15) is 97.1 Å². The Morgan fingerprint density at radius 3 is 2.06 bits per heavy atom. The first-order valence-electron chi connectivity index (χ1n) is 22.7. The van der Waals surface area contributed by atoms with Crippen molar-refractivity contribution in [1.82, 2.24) is 5.32 Å². The molecule has 2 saturated heterocycles. The van der Waals surface area contributed by atoms with E-state index in [0.29, 0.717) is 22.4 Å². The van der Waals surface area contributed by atoms with Crippen LogP contribution in [0.15, 0.2) is 71.8 Å². The Morgan fingerprint density at radius 2 is 1.49 bits per heavy atom. The van der Waals surface area contributed by atoms with Gasteiger partial charge >= 0.3 is 24.0 Å². The second-order valence-electron chi connectivity index (χ2n) is 21.8. The van der Waals surface area contributed by atoms with Crippen LogP contribution in [-0.4, -0.2) is 105 Å². The molecular weight excluding hydrogens is 867 g/mol. The first-order chi connectivity index (χ1) is 30.1. The predicted octanol–water partition coefficient (Wildman–Crippen LogP) is 7.55. The number of alkyl carbamates (subject to hydrolysis) is 1. The lowest BCUT2D eigenvalue weighted by Crippen LogP contribution is -2.82. The number of carbonyl (C=O) groups excluding carboxylic acids is 5. The highest BCUT2D eigenvalue weighted by Crippen LogP contribution is 2.65. The Kier molecular flexibility index (Phi) is 12.6. The largest absolute Gasteiger partial charge is 0.457 e. The van der Waals surface area contributed by atoms with E-state index in [1.54, 1.807) is 110 Å². The zero-order chi connectivity index (χ0) is 47.9. The van der Waals surface area contributed by atoms with Crippen LogP contribution >= 0.6 is 0 Å². The van der Waals surface area contributed by atoms with Gasteiger partial charge in [-0.05, 0) is 102 Å². The second kappa shape index (κ2) is 16.8. The first kappa shape index (κ1) is 48.7.